The van der Waals surface area contributed by atoms with Gasteiger partial charge in [-0.3, -0.25) is 0 Å². The number of anilines is 3. The van der Waals surface area contributed by atoms with Crippen LogP contribution in [0.4, 0.5) is 17.1 Å². The molecule has 0 aliphatic rings. The second-order valence-electron chi connectivity index (χ2n) is 16.3. The molecule has 3 nitrogen and oxygen atoms in total. The molecule has 0 amide bonds. The summed E-state index contributed by atoms with van der Waals surface area (Å²) in [5, 5.41) is 14.1. The number of para-hydroxylation sites is 2. The molecular weight excluding hydrogens is 719 g/mol. The Labute approximate surface area is 341 Å². The number of fused-ring (bicyclic) bond motifs is 11. The predicted octanol–water partition coefficient (Wildman–Crippen LogP) is 16.7. The van der Waals surface area contributed by atoms with Crippen LogP contribution in [0, 0.1) is 6.92 Å². The van der Waals surface area contributed by atoms with Crippen LogP contribution in [-0.2, 0) is 0 Å². The molecule has 0 bridgehead atoms. The molecule has 3 heteroatoms. The second kappa shape index (κ2) is 12.8. The summed E-state index contributed by atoms with van der Waals surface area (Å²) >= 11 is 0. The van der Waals surface area contributed by atoms with Crippen LogP contribution in [0.3, 0.4) is 0 Å². The van der Waals surface area contributed by atoms with Crippen molar-refractivity contribution in [2.24, 2.45) is 0 Å². The zero-order valence-electron chi connectivity index (χ0n) is 33.1. The second-order valence-corrected chi connectivity index (χ2v) is 16.3. The van der Waals surface area contributed by atoms with E-state index in [1.165, 1.54) is 49.0 Å². The number of hydrogen-bond donors (Lipinski definition) is 0. The van der Waals surface area contributed by atoms with Gasteiger partial charge in [-0.1, -0.05) is 147 Å². The number of furan rings is 2. The smallest absolute Gasteiger partial charge is 0.159 e. The maximum atomic E-state index is 6.76. The van der Waals surface area contributed by atoms with Crippen molar-refractivity contribution in [1.29, 1.82) is 0 Å². The molecule has 59 heavy (non-hydrogen) atoms. The van der Waals surface area contributed by atoms with E-state index < -0.39 is 0 Å². The standard InChI is InChI=1S/C56H39NO2/c1-33(2)35-22-25-39(26-23-35)57(50-17-10-16-46-41-11-8-9-18-51(41)59-56(46)50)55-44-14-6-4-12-42(44)54(43-13-5-7-15-45(43)55)38-24-28-52-48(31-38)49-30-37-21-20-36-29-34(3)19-27-40(36)47(37)32-53(49)58-52/h4-33H,1-3H3. The van der Waals surface area contributed by atoms with Crippen LogP contribution >= 0.6 is 0 Å². The summed E-state index contributed by atoms with van der Waals surface area (Å²) in [4.78, 5) is 2.42. The van der Waals surface area contributed by atoms with Crippen molar-refractivity contribution < 1.29 is 8.83 Å². The van der Waals surface area contributed by atoms with Crippen molar-refractivity contribution >= 4 is 104 Å². The van der Waals surface area contributed by atoms with Gasteiger partial charge in [-0.15, -0.1) is 0 Å². The molecule has 0 N–H and O–H groups in total. The number of benzene rings is 10. The van der Waals surface area contributed by atoms with Crippen LogP contribution in [0.15, 0.2) is 185 Å². The lowest BCUT2D eigenvalue weighted by Gasteiger charge is -2.29. The molecule has 12 aromatic rings. The van der Waals surface area contributed by atoms with Crippen LogP contribution in [-0.4, -0.2) is 0 Å². The van der Waals surface area contributed by atoms with E-state index in [0.29, 0.717) is 5.92 Å². The first kappa shape index (κ1) is 33.7. The summed E-state index contributed by atoms with van der Waals surface area (Å²) in [6.45, 7) is 6.64. The van der Waals surface area contributed by atoms with Crippen LogP contribution < -0.4 is 4.90 Å². The molecule has 0 saturated carbocycles. The molecule has 0 atom stereocenters. The molecule has 2 heterocycles. The fraction of sp³-hybridized carbons (Fsp3) is 0.0714. The first-order chi connectivity index (χ1) is 29.0. The molecule has 12 rings (SSSR count). The lowest BCUT2D eigenvalue weighted by Crippen LogP contribution is -2.12. The molecule has 0 aliphatic carbocycles. The first-order valence-corrected chi connectivity index (χ1v) is 20.5. The van der Waals surface area contributed by atoms with Crippen molar-refractivity contribution in [3.63, 3.8) is 0 Å². The van der Waals surface area contributed by atoms with E-state index >= 15 is 0 Å². The molecule has 0 spiro atoms. The zero-order chi connectivity index (χ0) is 39.4. The van der Waals surface area contributed by atoms with E-state index in [1.54, 1.807) is 0 Å². The Bertz CT molecular complexity index is 3600. The lowest BCUT2D eigenvalue weighted by atomic mass is 9.89. The molecule has 0 aliphatic heterocycles. The van der Waals surface area contributed by atoms with Gasteiger partial charge in [0.2, 0.25) is 0 Å². The van der Waals surface area contributed by atoms with E-state index in [4.69, 9.17) is 8.83 Å². The summed E-state index contributed by atoms with van der Waals surface area (Å²) in [6, 6.07) is 64.1. The minimum absolute atomic E-state index is 0.421. The minimum atomic E-state index is 0.421. The van der Waals surface area contributed by atoms with Gasteiger partial charge < -0.3 is 13.7 Å². The van der Waals surface area contributed by atoms with Gasteiger partial charge in [0.05, 0.1) is 11.4 Å². The Hall–Kier alpha value is -7.36. The third kappa shape index (κ3) is 5.14. The average molecular weight is 758 g/mol. The van der Waals surface area contributed by atoms with E-state index in [-0.39, 0.29) is 0 Å². The van der Waals surface area contributed by atoms with Crippen molar-refractivity contribution in [3.05, 3.63) is 187 Å². The Kier molecular flexibility index (Phi) is 7.34. The number of nitrogens with zero attached hydrogens (tertiary/aromatic N) is 1. The summed E-state index contributed by atoms with van der Waals surface area (Å²) in [5.41, 5.74) is 11.7. The number of aryl methyl sites for hydroxylation is 1. The molecular formula is C56H39NO2. The molecule has 0 fully saturated rings. The summed E-state index contributed by atoms with van der Waals surface area (Å²) in [6.07, 6.45) is 0. The largest absolute Gasteiger partial charge is 0.456 e. The zero-order valence-corrected chi connectivity index (χ0v) is 33.1. The first-order valence-electron chi connectivity index (χ1n) is 20.5. The van der Waals surface area contributed by atoms with E-state index in [9.17, 15) is 0 Å². The normalized spacial score (nSPS) is 12.1. The topological polar surface area (TPSA) is 29.5 Å². The molecule has 10 aromatic carbocycles. The van der Waals surface area contributed by atoms with E-state index in [2.05, 4.69) is 196 Å². The highest BCUT2D eigenvalue weighted by atomic mass is 16.3. The van der Waals surface area contributed by atoms with Gasteiger partial charge in [0.15, 0.2) is 5.58 Å². The van der Waals surface area contributed by atoms with Crippen molar-refractivity contribution in [3.8, 4) is 11.1 Å². The van der Waals surface area contributed by atoms with Gasteiger partial charge >= 0.3 is 0 Å². The summed E-state index contributed by atoms with van der Waals surface area (Å²) < 4.78 is 13.4. The van der Waals surface area contributed by atoms with Crippen molar-refractivity contribution in [1.82, 2.24) is 0 Å². The number of rotatable bonds is 5. The monoisotopic (exact) mass is 757 g/mol. The summed E-state index contributed by atoms with van der Waals surface area (Å²) in [7, 11) is 0. The molecule has 0 unspecified atom stereocenters. The highest BCUT2D eigenvalue weighted by Gasteiger charge is 2.25. The van der Waals surface area contributed by atoms with Gasteiger partial charge in [0.1, 0.15) is 16.7 Å². The molecule has 0 saturated heterocycles. The lowest BCUT2D eigenvalue weighted by molar-refractivity contribution is 0.669. The quantitative estimate of drug-likeness (QED) is 0.129. The van der Waals surface area contributed by atoms with Crippen LogP contribution in [0.1, 0.15) is 30.9 Å². The average Bonchev–Trinajstić information content (AvgIpc) is 3.83. The van der Waals surface area contributed by atoms with Crippen LogP contribution in [0.2, 0.25) is 0 Å². The Morgan fingerprint density at radius 3 is 1.81 bits per heavy atom. The van der Waals surface area contributed by atoms with Crippen LogP contribution in [0.5, 0.6) is 0 Å². The number of hydrogen-bond acceptors (Lipinski definition) is 3. The third-order valence-electron chi connectivity index (χ3n) is 12.4. The predicted molar refractivity (Wildman–Crippen MR) is 250 cm³/mol. The maximum absolute atomic E-state index is 6.76. The van der Waals surface area contributed by atoms with Gasteiger partial charge in [0.25, 0.3) is 0 Å². The molecule has 2 aromatic heterocycles. The highest BCUT2D eigenvalue weighted by molar-refractivity contribution is 6.24. The molecule has 0 radical (unpaired) electrons. The summed E-state index contributed by atoms with van der Waals surface area (Å²) in [5.74, 6) is 0.421. The Morgan fingerprint density at radius 1 is 0.424 bits per heavy atom. The van der Waals surface area contributed by atoms with Crippen molar-refractivity contribution in [2.75, 3.05) is 4.90 Å². The van der Waals surface area contributed by atoms with Gasteiger partial charge in [-0.05, 0) is 110 Å². The Morgan fingerprint density at radius 2 is 1.07 bits per heavy atom. The van der Waals surface area contributed by atoms with E-state index in [1.807, 2.05) is 6.07 Å². The maximum Gasteiger partial charge on any atom is 0.159 e. The third-order valence-corrected chi connectivity index (χ3v) is 12.4. The van der Waals surface area contributed by atoms with E-state index in [0.717, 1.165) is 77.3 Å². The Balaban J connectivity index is 1.13. The van der Waals surface area contributed by atoms with Crippen LogP contribution in [0.25, 0.3) is 98.1 Å². The highest BCUT2D eigenvalue weighted by Crippen LogP contribution is 2.50. The molecule has 280 valence electrons. The minimum Gasteiger partial charge on any atom is -0.456 e. The van der Waals surface area contributed by atoms with Gasteiger partial charge in [-0.25, -0.2) is 0 Å². The fourth-order valence-corrected chi connectivity index (χ4v) is 9.57. The van der Waals surface area contributed by atoms with Crippen molar-refractivity contribution in [2.45, 2.75) is 26.7 Å². The van der Waals surface area contributed by atoms with Gasteiger partial charge in [0, 0.05) is 38.0 Å². The fourth-order valence-electron chi connectivity index (χ4n) is 9.57. The SMILES string of the molecule is Cc1ccc2c(ccc3cc4c(cc32)oc2ccc(-c3c5ccccc5c(N(c5ccc(C(C)C)cc5)c5cccc6c5oc5ccccc56)c5ccccc35)cc24)c1. The van der Waals surface area contributed by atoms with Gasteiger partial charge in [-0.2, -0.15) is 0 Å².